The van der Waals surface area contributed by atoms with Crippen molar-refractivity contribution in [3.05, 3.63) is 57.9 Å². The Bertz CT molecular complexity index is 1250. The molecule has 33 heavy (non-hydrogen) atoms. The maximum atomic E-state index is 14.1. The van der Waals surface area contributed by atoms with E-state index in [1.54, 1.807) is 18.2 Å². The first-order valence-corrected chi connectivity index (χ1v) is 10.7. The minimum absolute atomic E-state index is 0.0250. The number of para-hydroxylation sites is 1. The molecule has 5 rings (SSSR count). The molecule has 0 saturated carbocycles. The largest absolute Gasteiger partial charge is 0.496 e. The third-order valence-electron chi connectivity index (χ3n) is 6.02. The number of nitrogens with zero attached hydrogens (tertiary/aromatic N) is 1. The summed E-state index contributed by atoms with van der Waals surface area (Å²) in [7, 11) is 1.34. The van der Waals surface area contributed by atoms with Crippen LogP contribution in [0.1, 0.15) is 24.2 Å². The zero-order valence-electron chi connectivity index (χ0n) is 17.9. The van der Waals surface area contributed by atoms with E-state index in [4.69, 9.17) is 18.6 Å². The third kappa shape index (κ3) is 3.95. The summed E-state index contributed by atoms with van der Waals surface area (Å²) >= 11 is 0. The van der Waals surface area contributed by atoms with E-state index in [2.05, 4.69) is 0 Å². The molecule has 1 saturated heterocycles. The fraction of sp³-hybridized carbons (Fsp3) is 0.375. The molecule has 3 aromatic rings. The van der Waals surface area contributed by atoms with E-state index in [0.29, 0.717) is 31.0 Å². The van der Waals surface area contributed by atoms with Crippen LogP contribution in [0.5, 0.6) is 11.5 Å². The second-order valence-electron chi connectivity index (χ2n) is 8.17. The smallest absolute Gasteiger partial charge is 0.450 e. The minimum Gasteiger partial charge on any atom is -0.496 e. The summed E-state index contributed by atoms with van der Waals surface area (Å²) in [6, 6.07) is 9.14. The standard InChI is InChI=1S/C24H22F3NO5/c1-30-18-7-3-2-6-15(18)20-21(29)16-8-9-19-17(22(16)33-23(20)24(25,26)27)12-28(13-32-19)11-14-5-4-10-31-14/h2-3,6-9,14H,4-5,10-13H2,1H3. The van der Waals surface area contributed by atoms with Crippen molar-refractivity contribution in [3.8, 4) is 22.6 Å². The molecule has 1 aromatic heterocycles. The quantitative estimate of drug-likeness (QED) is 0.555. The summed E-state index contributed by atoms with van der Waals surface area (Å²) in [5.74, 6) is -0.791. The van der Waals surface area contributed by atoms with Crippen LogP contribution in [-0.4, -0.2) is 38.0 Å². The summed E-state index contributed by atoms with van der Waals surface area (Å²) in [6.45, 7) is 1.87. The van der Waals surface area contributed by atoms with Crippen molar-refractivity contribution in [2.75, 3.05) is 27.0 Å². The van der Waals surface area contributed by atoms with E-state index in [-0.39, 0.29) is 35.1 Å². The molecule has 1 atom stereocenters. The van der Waals surface area contributed by atoms with Crippen LogP contribution in [0.4, 0.5) is 13.2 Å². The number of ether oxygens (including phenoxy) is 3. The molecule has 2 aromatic carbocycles. The van der Waals surface area contributed by atoms with Crippen molar-refractivity contribution in [3.63, 3.8) is 0 Å². The summed E-state index contributed by atoms with van der Waals surface area (Å²) < 4.78 is 64.5. The lowest BCUT2D eigenvalue weighted by Crippen LogP contribution is -2.37. The fourth-order valence-corrected chi connectivity index (χ4v) is 4.50. The van der Waals surface area contributed by atoms with E-state index in [9.17, 15) is 18.0 Å². The van der Waals surface area contributed by atoms with Gasteiger partial charge in [0.05, 0.1) is 29.7 Å². The number of hydrogen-bond donors (Lipinski definition) is 0. The van der Waals surface area contributed by atoms with Crippen LogP contribution in [-0.2, 0) is 17.5 Å². The van der Waals surface area contributed by atoms with Gasteiger partial charge < -0.3 is 18.6 Å². The molecule has 0 aliphatic carbocycles. The number of fused-ring (bicyclic) bond motifs is 3. The van der Waals surface area contributed by atoms with Crippen LogP contribution in [0.25, 0.3) is 22.1 Å². The van der Waals surface area contributed by atoms with Crippen molar-refractivity contribution in [1.82, 2.24) is 4.90 Å². The highest BCUT2D eigenvalue weighted by Gasteiger charge is 2.40. The van der Waals surface area contributed by atoms with Gasteiger partial charge >= 0.3 is 6.18 Å². The maximum Gasteiger partial charge on any atom is 0.450 e. The Morgan fingerprint density at radius 3 is 2.73 bits per heavy atom. The number of hydrogen-bond acceptors (Lipinski definition) is 6. The Labute approximate surface area is 187 Å². The van der Waals surface area contributed by atoms with Gasteiger partial charge in [0, 0.05) is 25.3 Å². The predicted molar refractivity (Wildman–Crippen MR) is 114 cm³/mol. The van der Waals surface area contributed by atoms with Crippen molar-refractivity contribution < 1.29 is 31.8 Å². The Morgan fingerprint density at radius 2 is 2.00 bits per heavy atom. The maximum absolute atomic E-state index is 14.1. The van der Waals surface area contributed by atoms with Crippen molar-refractivity contribution in [2.45, 2.75) is 31.7 Å². The molecule has 2 aliphatic rings. The number of rotatable bonds is 4. The van der Waals surface area contributed by atoms with Crippen molar-refractivity contribution in [2.24, 2.45) is 0 Å². The molecule has 2 aliphatic heterocycles. The van der Waals surface area contributed by atoms with Crippen LogP contribution in [0.2, 0.25) is 0 Å². The molecular weight excluding hydrogens is 439 g/mol. The first-order chi connectivity index (χ1) is 15.9. The molecule has 9 heteroatoms. The zero-order valence-corrected chi connectivity index (χ0v) is 17.9. The molecule has 1 fully saturated rings. The van der Waals surface area contributed by atoms with Gasteiger partial charge in [-0.15, -0.1) is 0 Å². The van der Waals surface area contributed by atoms with Crippen LogP contribution in [0.3, 0.4) is 0 Å². The molecule has 0 N–H and O–H groups in total. The third-order valence-corrected chi connectivity index (χ3v) is 6.02. The first kappa shape index (κ1) is 21.8. The highest BCUT2D eigenvalue weighted by molar-refractivity contribution is 5.88. The van der Waals surface area contributed by atoms with Crippen LogP contribution >= 0.6 is 0 Å². The number of benzene rings is 2. The van der Waals surface area contributed by atoms with Gasteiger partial charge in [-0.1, -0.05) is 18.2 Å². The molecule has 0 bridgehead atoms. The predicted octanol–water partition coefficient (Wildman–Crippen LogP) is 4.82. The summed E-state index contributed by atoms with van der Waals surface area (Å²) in [5, 5.41) is 0.0604. The number of alkyl halides is 3. The van der Waals surface area contributed by atoms with Crippen LogP contribution in [0.15, 0.2) is 45.6 Å². The van der Waals surface area contributed by atoms with Gasteiger partial charge in [0.15, 0.2) is 0 Å². The average molecular weight is 461 g/mol. The lowest BCUT2D eigenvalue weighted by atomic mass is 9.99. The Hall–Kier alpha value is -3.04. The van der Waals surface area contributed by atoms with Crippen molar-refractivity contribution >= 4 is 11.0 Å². The molecule has 0 radical (unpaired) electrons. The van der Waals surface area contributed by atoms with E-state index < -0.39 is 22.9 Å². The van der Waals surface area contributed by atoms with E-state index >= 15 is 0 Å². The zero-order chi connectivity index (χ0) is 23.2. The second-order valence-corrected chi connectivity index (χ2v) is 8.17. The monoisotopic (exact) mass is 461 g/mol. The molecule has 0 spiro atoms. The SMILES string of the molecule is COc1ccccc1-c1c(C(F)(F)F)oc2c3c(ccc2c1=O)OCN(CC1CCCO1)C3. The molecular formula is C24H22F3NO5. The van der Waals surface area contributed by atoms with E-state index in [1.807, 2.05) is 4.90 Å². The Kier molecular flexibility index (Phi) is 5.54. The van der Waals surface area contributed by atoms with E-state index in [0.717, 1.165) is 12.8 Å². The van der Waals surface area contributed by atoms with Gasteiger partial charge in [-0.3, -0.25) is 9.69 Å². The summed E-state index contributed by atoms with van der Waals surface area (Å²) in [4.78, 5) is 15.4. The normalized spacial score (nSPS) is 18.8. The Balaban J connectivity index is 1.68. The summed E-state index contributed by atoms with van der Waals surface area (Å²) in [5.41, 5.74) is -1.00. The average Bonchev–Trinajstić information content (AvgIpc) is 3.31. The van der Waals surface area contributed by atoms with Gasteiger partial charge in [0.25, 0.3) is 0 Å². The first-order valence-electron chi connectivity index (χ1n) is 10.7. The molecule has 6 nitrogen and oxygen atoms in total. The molecule has 0 amide bonds. The Morgan fingerprint density at radius 1 is 1.18 bits per heavy atom. The minimum atomic E-state index is -4.89. The molecule has 3 heterocycles. The highest BCUT2D eigenvalue weighted by atomic mass is 19.4. The molecule has 174 valence electrons. The topological polar surface area (TPSA) is 61.1 Å². The van der Waals surface area contributed by atoms with Gasteiger partial charge in [-0.25, -0.2) is 0 Å². The van der Waals surface area contributed by atoms with Gasteiger partial charge in [-0.2, -0.15) is 13.2 Å². The molecule has 1 unspecified atom stereocenters. The number of methoxy groups -OCH3 is 1. The highest BCUT2D eigenvalue weighted by Crippen LogP contribution is 2.42. The van der Waals surface area contributed by atoms with Crippen LogP contribution < -0.4 is 14.9 Å². The van der Waals surface area contributed by atoms with Gasteiger partial charge in [-0.05, 0) is 31.0 Å². The number of halogens is 3. The lowest BCUT2D eigenvalue weighted by Gasteiger charge is -2.31. The van der Waals surface area contributed by atoms with Crippen LogP contribution in [0, 0.1) is 0 Å². The van der Waals surface area contributed by atoms with Gasteiger partial charge in [0.1, 0.15) is 23.8 Å². The van der Waals surface area contributed by atoms with E-state index in [1.165, 1.54) is 25.3 Å². The summed E-state index contributed by atoms with van der Waals surface area (Å²) in [6.07, 6.45) is -2.93. The lowest BCUT2D eigenvalue weighted by molar-refractivity contribution is -0.152. The van der Waals surface area contributed by atoms with Gasteiger partial charge in [0.2, 0.25) is 11.2 Å². The second kappa shape index (κ2) is 8.39. The van der Waals surface area contributed by atoms with Crippen molar-refractivity contribution in [1.29, 1.82) is 0 Å². The fourth-order valence-electron chi connectivity index (χ4n) is 4.50.